The number of imidazole rings is 1. The van der Waals surface area contributed by atoms with Crippen LogP contribution in [0.5, 0.6) is 0 Å². The number of fused-ring (bicyclic) bond motifs is 1. The standard InChI is InChI=1S/C17H17ClN4O3/c18-12-5-6-15-21-13(11-22(15)10-12)9-20-16(23)4-1-7-19-17(24)14-3-2-8-25-14/h2-3,5-6,8,10-11H,1,4,7,9H2,(H,19,24)(H,20,23). The molecular formula is C17H17ClN4O3. The Bertz CT molecular complexity index is 873. The number of rotatable bonds is 7. The molecule has 0 aliphatic heterocycles. The fourth-order valence-electron chi connectivity index (χ4n) is 2.33. The molecule has 0 aromatic carbocycles. The van der Waals surface area contributed by atoms with Crippen LogP contribution in [0, 0.1) is 0 Å². The van der Waals surface area contributed by atoms with Crippen LogP contribution in [0.4, 0.5) is 0 Å². The lowest BCUT2D eigenvalue weighted by Crippen LogP contribution is -2.27. The Morgan fingerprint density at radius 2 is 2.08 bits per heavy atom. The van der Waals surface area contributed by atoms with Gasteiger partial charge in [-0.3, -0.25) is 9.59 Å². The summed E-state index contributed by atoms with van der Waals surface area (Å²) < 4.78 is 6.80. The smallest absolute Gasteiger partial charge is 0.286 e. The SMILES string of the molecule is O=C(CCCNC(=O)c1ccco1)NCc1cn2cc(Cl)ccc2n1. The number of hydrogen-bond acceptors (Lipinski definition) is 4. The van der Waals surface area contributed by atoms with Crippen molar-refractivity contribution in [2.24, 2.45) is 0 Å². The average Bonchev–Trinajstić information content (AvgIpc) is 3.25. The summed E-state index contributed by atoms with van der Waals surface area (Å²) in [5, 5.41) is 6.13. The van der Waals surface area contributed by atoms with Crippen LogP contribution >= 0.6 is 11.6 Å². The van der Waals surface area contributed by atoms with Crippen molar-refractivity contribution < 1.29 is 14.0 Å². The molecule has 0 spiro atoms. The number of carbonyl (C=O) groups is 2. The van der Waals surface area contributed by atoms with Gasteiger partial charge in [0.15, 0.2) is 5.76 Å². The van der Waals surface area contributed by atoms with Gasteiger partial charge in [-0.2, -0.15) is 0 Å². The van der Waals surface area contributed by atoms with Crippen LogP contribution < -0.4 is 10.6 Å². The Hall–Kier alpha value is -2.80. The maximum Gasteiger partial charge on any atom is 0.286 e. The highest BCUT2D eigenvalue weighted by Crippen LogP contribution is 2.11. The van der Waals surface area contributed by atoms with Crippen molar-refractivity contribution in [3.63, 3.8) is 0 Å². The summed E-state index contributed by atoms with van der Waals surface area (Å²) in [6.07, 6.45) is 5.88. The summed E-state index contributed by atoms with van der Waals surface area (Å²) in [5.41, 5.74) is 1.52. The maximum atomic E-state index is 11.9. The van der Waals surface area contributed by atoms with E-state index in [9.17, 15) is 9.59 Å². The Morgan fingerprint density at radius 3 is 2.88 bits per heavy atom. The van der Waals surface area contributed by atoms with Gasteiger partial charge in [-0.1, -0.05) is 11.6 Å². The number of pyridine rings is 1. The molecule has 0 aliphatic carbocycles. The van der Waals surface area contributed by atoms with Crippen molar-refractivity contribution in [2.75, 3.05) is 6.54 Å². The van der Waals surface area contributed by atoms with E-state index < -0.39 is 0 Å². The van der Waals surface area contributed by atoms with Crippen molar-refractivity contribution in [1.29, 1.82) is 0 Å². The predicted molar refractivity (Wildman–Crippen MR) is 92.3 cm³/mol. The molecule has 130 valence electrons. The van der Waals surface area contributed by atoms with Gasteiger partial charge in [-0.05, 0) is 30.7 Å². The summed E-state index contributed by atoms with van der Waals surface area (Å²) in [6, 6.07) is 6.82. The van der Waals surface area contributed by atoms with E-state index in [1.165, 1.54) is 6.26 Å². The van der Waals surface area contributed by atoms with E-state index in [0.29, 0.717) is 31.0 Å². The first-order valence-electron chi connectivity index (χ1n) is 7.83. The molecule has 0 saturated carbocycles. The van der Waals surface area contributed by atoms with E-state index >= 15 is 0 Å². The van der Waals surface area contributed by atoms with Gasteiger partial charge in [0.1, 0.15) is 5.65 Å². The highest BCUT2D eigenvalue weighted by atomic mass is 35.5. The molecule has 8 heteroatoms. The van der Waals surface area contributed by atoms with E-state index in [1.54, 1.807) is 24.4 Å². The fraction of sp³-hybridized carbons (Fsp3) is 0.235. The van der Waals surface area contributed by atoms with Crippen molar-refractivity contribution in [1.82, 2.24) is 20.0 Å². The molecule has 0 fully saturated rings. The monoisotopic (exact) mass is 360 g/mol. The topological polar surface area (TPSA) is 88.6 Å². The third-order valence-corrected chi connectivity index (χ3v) is 3.77. The van der Waals surface area contributed by atoms with E-state index in [-0.39, 0.29) is 17.6 Å². The lowest BCUT2D eigenvalue weighted by Gasteiger charge is -2.04. The van der Waals surface area contributed by atoms with Crippen molar-refractivity contribution in [3.8, 4) is 0 Å². The number of carbonyl (C=O) groups excluding carboxylic acids is 2. The zero-order valence-electron chi connectivity index (χ0n) is 13.4. The zero-order valence-corrected chi connectivity index (χ0v) is 14.1. The second-order valence-electron chi connectivity index (χ2n) is 5.46. The molecule has 3 heterocycles. The Labute approximate surface area is 149 Å². The molecule has 2 N–H and O–H groups in total. The molecule has 0 atom stereocenters. The fourth-order valence-corrected chi connectivity index (χ4v) is 2.49. The summed E-state index contributed by atoms with van der Waals surface area (Å²) in [5.74, 6) is -0.118. The van der Waals surface area contributed by atoms with Gasteiger partial charge < -0.3 is 19.5 Å². The van der Waals surface area contributed by atoms with Gasteiger partial charge in [-0.15, -0.1) is 0 Å². The number of halogens is 1. The molecule has 25 heavy (non-hydrogen) atoms. The zero-order chi connectivity index (χ0) is 17.6. The van der Waals surface area contributed by atoms with Crippen LogP contribution in [0.25, 0.3) is 5.65 Å². The number of nitrogens with one attached hydrogen (secondary N) is 2. The third-order valence-electron chi connectivity index (χ3n) is 3.54. The summed E-state index contributed by atoms with van der Waals surface area (Å²) in [4.78, 5) is 27.9. The predicted octanol–water partition coefficient (Wildman–Crippen LogP) is 2.41. The van der Waals surface area contributed by atoms with E-state index in [1.807, 2.05) is 16.7 Å². The summed E-state index contributed by atoms with van der Waals surface area (Å²) >= 11 is 5.93. The van der Waals surface area contributed by atoms with E-state index in [0.717, 1.165) is 11.3 Å². The molecule has 3 aromatic rings. The van der Waals surface area contributed by atoms with Gasteiger partial charge in [-0.25, -0.2) is 4.98 Å². The van der Waals surface area contributed by atoms with Crippen molar-refractivity contribution >= 4 is 29.1 Å². The number of hydrogen-bond donors (Lipinski definition) is 2. The highest BCUT2D eigenvalue weighted by Gasteiger charge is 2.08. The van der Waals surface area contributed by atoms with Crippen LogP contribution in [0.3, 0.4) is 0 Å². The molecular weight excluding hydrogens is 344 g/mol. The number of aromatic nitrogens is 2. The van der Waals surface area contributed by atoms with Gasteiger partial charge in [0.2, 0.25) is 5.91 Å². The van der Waals surface area contributed by atoms with Crippen LogP contribution in [-0.4, -0.2) is 27.7 Å². The molecule has 0 radical (unpaired) electrons. The average molecular weight is 361 g/mol. The van der Waals surface area contributed by atoms with Gasteiger partial charge in [0.05, 0.1) is 23.5 Å². The number of amides is 2. The summed E-state index contributed by atoms with van der Waals surface area (Å²) in [7, 11) is 0. The normalized spacial score (nSPS) is 10.8. The Kier molecular flexibility index (Phi) is 5.35. The minimum Gasteiger partial charge on any atom is -0.459 e. The van der Waals surface area contributed by atoms with Gasteiger partial charge >= 0.3 is 0 Å². The molecule has 0 aliphatic rings. The van der Waals surface area contributed by atoms with E-state index in [4.69, 9.17) is 16.0 Å². The molecule has 0 saturated heterocycles. The molecule has 0 unspecified atom stereocenters. The lowest BCUT2D eigenvalue weighted by atomic mass is 10.3. The molecule has 7 nitrogen and oxygen atoms in total. The second-order valence-corrected chi connectivity index (χ2v) is 5.89. The lowest BCUT2D eigenvalue weighted by molar-refractivity contribution is -0.121. The molecule has 0 bridgehead atoms. The van der Waals surface area contributed by atoms with Crippen molar-refractivity contribution in [3.05, 3.63) is 59.4 Å². The van der Waals surface area contributed by atoms with Crippen LogP contribution in [0.2, 0.25) is 5.02 Å². The largest absolute Gasteiger partial charge is 0.459 e. The number of furan rings is 1. The van der Waals surface area contributed by atoms with Gasteiger partial charge in [0.25, 0.3) is 5.91 Å². The van der Waals surface area contributed by atoms with E-state index in [2.05, 4.69) is 15.6 Å². The Balaban J connectivity index is 1.38. The first-order valence-corrected chi connectivity index (χ1v) is 8.21. The van der Waals surface area contributed by atoms with Crippen LogP contribution in [0.1, 0.15) is 29.1 Å². The third kappa shape index (κ3) is 4.60. The summed E-state index contributed by atoms with van der Waals surface area (Å²) in [6.45, 7) is 0.747. The quantitative estimate of drug-likeness (QED) is 0.633. The Morgan fingerprint density at radius 1 is 1.20 bits per heavy atom. The van der Waals surface area contributed by atoms with Crippen LogP contribution in [-0.2, 0) is 11.3 Å². The first-order chi connectivity index (χ1) is 12.1. The minimum atomic E-state index is -0.284. The van der Waals surface area contributed by atoms with Crippen molar-refractivity contribution in [2.45, 2.75) is 19.4 Å². The maximum absolute atomic E-state index is 11.9. The number of nitrogens with zero attached hydrogens (tertiary/aromatic N) is 2. The molecule has 3 rings (SSSR count). The highest BCUT2D eigenvalue weighted by molar-refractivity contribution is 6.30. The molecule has 2 amide bonds. The minimum absolute atomic E-state index is 0.0951. The first kappa shape index (κ1) is 17.0. The second kappa shape index (κ2) is 7.85. The molecule has 3 aromatic heterocycles. The van der Waals surface area contributed by atoms with Crippen LogP contribution in [0.15, 0.2) is 47.3 Å². The van der Waals surface area contributed by atoms with Gasteiger partial charge in [0, 0.05) is 25.4 Å².